The second-order valence-electron chi connectivity index (χ2n) is 10.4. The molecule has 0 aromatic heterocycles. The van der Waals surface area contributed by atoms with Crippen LogP contribution in [0.1, 0.15) is 50.7 Å². The van der Waals surface area contributed by atoms with Gasteiger partial charge in [0.2, 0.25) is 0 Å². The Morgan fingerprint density at radius 3 is 2.93 bits per heavy atom. The van der Waals surface area contributed by atoms with E-state index in [4.69, 9.17) is 9.47 Å². The number of epoxide rings is 1. The van der Waals surface area contributed by atoms with Gasteiger partial charge in [0.15, 0.2) is 0 Å². The van der Waals surface area contributed by atoms with Gasteiger partial charge in [-0.3, -0.25) is 4.79 Å². The molecule has 2 saturated carbocycles. The van der Waals surface area contributed by atoms with Gasteiger partial charge in [-0.25, -0.2) is 0 Å². The highest BCUT2D eigenvalue weighted by molar-refractivity contribution is 5.76. The molecule has 5 aliphatic rings. The number of esters is 1. The van der Waals surface area contributed by atoms with Crippen LogP contribution in [0.5, 0.6) is 0 Å². The minimum atomic E-state index is 0.00770. The Hall–Kier alpha value is -1.39. The van der Waals surface area contributed by atoms with Crippen molar-refractivity contribution >= 4 is 5.97 Å². The van der Waals surface area contributed by atoms with Gasteiger partial charge in [-0.15, -0.1) is 0 Å². The number of carbonyl (C=O) groups is 1. The van der Waals surface area contributed by atoms with E-state index >= 15 is 0 Å². The Morgan fingerprint density at radius 2 is 2.07 bits per heavy atom. The quantitative estimate of drug-likeness (QED) is 0.630. The zero-order valence-electron chi connectivity index (χ0n) is 17.1. The highest BCUT2D eigenvalue weighted by Gasteiger charge is 2.78. The summed E-state index contributed by atoms with van der Waals surface area (Å²) in [5.74, 6) is 0.920. The molecule has 1 spiro atoms. The summed E-state index contributed by atoms with van der Waals surface area (Å²) in [4.78, 5) is 14.5. The number of hydrogen-bond donors (Lipinski definition) is 1. The molecule has 150 valence electrons. The molecule has 8 atom stereocenters. The molecule has 1 N–H and O–H groups in total. The van der Waals surface area contributed by atoms with E-state index in [1.54, 1.807) is 0 Å². The fourth-order valence-electron chi connectivity index (χ4n) is 7.59. The number of carbonyl (C=O) groups excluding carboxylic acids is 1. The molecule has 0 radical (unpaired) electrons. The summed E-state index contributed by atoms with van der Waals surface area (Å²) in [7, 11) is 0. The number of ether oxygens (including phenoxy) is 2. The van der Waals surface area contributed by atoms with Crippen LogP contribution in [-0.4, -0.2) is 36.9 Å². The Morgan fingerprint density at radius 1 is 1.25 bits per heavy atom. The SMILES string of the molecule is C[C@@H]1CCC[C@]2(C)C[C@H]3OC(=O)[C@@H](C[NH+]4CCc5ccccc5C4)[C@H]3[C@@H]3O[C@@]132. The van der Waals surface area contributed by atoms with E-state index in [0.29, 0.717) is 5.92 Å². The molecule has 2 saturated heterocycles. The van der Waals surface area contributed by atoms with Crippen molar-refractivity contribution < 1.29 is 19.2 Å². The fourth-order valence-corrected chi connectivity index (χ4v) is 7.59. The van der Waals surface area contributed by atoms with Gasteiger partial charge in [0, 0.05) is 23.3 Å². The van der Waals surface area contributed by atoms with Gasteiger partial charge < -0.3 is 14.4 Å². The minimum Gasteiger partial charge on any atom is -0.462 e. The number of benzene rings is 1. The lowest BCUT2D eigenvalue weighted by molar-refractivity contribution is -0.918. The summed E-state index contributed by atoms with van der Waals surface area (Å²) < 4.78 is 12.6. The van der Waals surface area contributed by atoms with Crippen LogP contribution in [0.15, 0.2) is 24.3 Å². The van der Waals surface area contributed by atoms with Crippen molar-refractivity contribution in [3.8, 4) is 0 Å². The third-order valence-corrected chi connectivity index (χ3v) is 9.01. The molecule has 2 aliphatic carbocycles. The Labute approximate surface area is 167 Å². The van der Waals surface area contributed by atoms with Gasteiger partial charge in [-0.2, -0.15) is 0 Å². The number of fused-ring (bicyclic) bond motifs is 3. The van der Waals surface area contributed by atoms with Crippen molar-refractivity contribution in [3.05, 3.63) is 35.4 Å². The topological polar surface area (TPSA) is 43.3 Å². The van der Waals surface area contributed by atoms with Gasteiger partial charge in [-0.1, -0.05) is 44.5 Å². The first-order valence-corrected chi connectivity index (χ1v) is 11.3. The molecule has 1 aromatic carbocycles. The van der Waals surface area contributed by atoms with E-state index < -0.39 is 0 Å². The maximum absolute atomic E-state index is 12.9. The third-order valence-electron chi connectivity index (χ3n) is 9.01. The molecular weight excluding hydrogens is 350 g/mol. The minimum absolute atomic E-state index is 0.00770. The van der Waals surface area contributed by atoms with Crippen molar-refractivity contribution in [2.24, 2.45) is 23.2 Å². The standard InChI is InChI=1S/C24H31NO3/c1-15-6-5-10-23(2)12-19-20(21-24(15,23)28-21)18(22(26)27-19)14-25-11-9-16-7-3-4-8-17(16)13-25/h3-4,7-8,15,18-21H,5-6,9-14H2,1-2H3/p+1/t15-,18+,19-,20-,21+,23-,24+/m1/s1. The maximum Gasteiger partial charge on any atom is 0.315 e. The van der Waals surface area contributed by atoms with Gasteiger partial charge in [-0.05, 0) is 30.7 Å². The molecule has 4 heteroatoms. The summed E-state index contributed by atoms with van der Waals surface area (Å²) in [5, 5.41) is 0. The van der Waals surface area contributed by atoms with E-state index in [1.165, 1.54) is 35.3 Å². The molecule has 4 nitrogen and oxygen atoms in total. The maximum atomic E-state index is 12.9. The van der Waals surface area contributed by atoms with Crippen molar-refractivity contribution in [1.29, 1.82) is 0 Å². The first kappa shape index (κ1) is 17.5. The molecule has 1 unspecified atom stereocenters. The Balaban J connectivity index is 1.24. The second-order valence-corrected chi connectivity index (χ2v) is 10.4. The zero-order valence-corrected chi connectivity index (χ0v) is 17.1. The normalized spacial score (nSPS) is 48.7. The average Bonchev–Trinajstić information content (AvgIpc) is 3.37. The van der Waals surface area contributed by atoms with Crippen LogP contribution in [0.2, 0.25) is 0 Å². The van der Waals surface area contributed by atoms with Crippen molar-refractivity contribution in [1.82, 2.24) is 0 Å². The van der Waals surface area contributed by atoms with Crippen molar-refractivity contribution in [3.63, 3.8) is 0 Å². The number of rotatable bonds is 2. The molecule has 3 heterocycles. The van der Waals surface area contributed by atoms with E-state index in [1.807, 2.05) is 0 Å². The van der Waals surface area contributed by atoms with Crippen LogP contribution in [0.3, 0.4) is 0 Å². The summed E-state index contributed by atoms with van der Waals surface area (Å²) in [5.41, 5.74) is 3.13. The molecular formula is C24H32NO3+. The van der Waals surface area contributed by atoms with Gasteiger partial charge in [0.25, 0.3) is 0 Å². The molecule has 6 rings (SSSR count). The van der Waals surface area contributed by atoms with Crippen LogP contribution in [0.25, 0.3) is 0 Å². The Kier molecular flexibility index (Phi) is 3.63. The van der Waals surface area contributed by atoms with E-state index in [2.05, 4.69) is 38.1 Å². The van der Waals surface area contributed by atoms with E-state index in [0.717, 1.165) is 32.5 Å². The smallest absolute Gasteiger partial charge is 0.315 e. The van der Waals surface area contributed by atoms with E-state index in [-0.39, 0.29) is 41.0 Å². The van der Waals surface area contributed by atoms with E-state index in [9.17, 15) is 4.79 Å². The monoisotopic (exact) mass is 382 g/mol. The lowest BCUT2D eigenvalue weighted by Crippen LogP contribution is -3.12. The van der Waals surface area contributed by atoms with Gasteiger partial charge in [0.1, 0.15) is 24.2 Å². The first-order valence-electron chi connectivity index (χ1n) is 11.3. The lowest BCUT2D eigenvalue weighted by Gasteiger charge is -2.48. The second kappa shape index (κ2) is 5.82. The fraction of sp³-hybridized carbons (Fsp3) is 0.708. The first-order chi connectivity index (χ1) is 13.5. The number of quaternary nitrogens is 1. The lowest BCUT2D eigenvalue weighted by atomic mass is 9.53. The molecule has 4 fully saturated rings. The molecule has 1 aromatic rings. The predicted octanol–water partition coefficient (Wildman–Crippen LogP) is 2.15. The Bertz CT molecular complexity index is 824. The van der Waals surface area contributed by atoms with Gasteiger partial charge in [0.05, 0.1) is 19.2 Å². The summed E-state index contributed by atoms with van der Waals surface area (Å²) >= 11 is 0. The van der Waals surface area contributed by atoms with Crippen LogP contribution in [0, 0.1) is 23.2 Å². The van der Waals surface area contributed by atoms with Crippen molar-refractivity contribution in [2.75, 3.05) is 13.1 Å². The third kappa shape index (κ3) is 2.22. The van der Waals surface area contributed by atoms with Gasteiger partial charge >= 0.3 is 5.97 Å². The summed E-state index contributed by atoms with van der Waals surface area (Å²) in [6, 6.07) is 8.77. The molecule has 3 aliphatic heterocycles. The van der Waals surface area contributed by atoms with Crippen molar-refractivity contribution in [2.45, 2.75) is 70.3 Å². The summed E-state index contributed by atoms with van der Waals surface area (Å²) in [6.07, 6.45) is 6.18. The highest BCUT2D eigenvalue weighted by atomic mass is 16.6. The zero-order chi connectivity index (χ0) is 19.1. The molecule has 0 amide bonds. The largest absolute Gasteiger partial charge is 0.462 e. The van der Waals surface area contributed by atoms with Crippen LogP contribution >= 0.6 is 0 Å². The predicted molar refractivity (Wildman–Crippen MR) is 105 cm³/mol. The summed E-state index contributed by atoms with van der Waals surface area (Å²) in [6.45, 7) is 7.81. The molecule has 0 bridgehead atoms. The van der Waals surface area contributed by atoms with Crippen LogP contribution in [0.4, 0.5) is 0 Å². The highest BCUT2D eigenvalue weighted by Crippen LogP contribution is 2.70. The molecule has 28 heavy (non-hydrogen) atoms. The average molecular weight is 383 g/mol. The van der Waals surface area contributed by atoms with Crippen LogP contribution < -0.4 is 4.90 Å². The van der Waals surface area contributed by atoms with Crippen LogP contribution in [-0.2, 0) is 27.2 Å². The number of hydrogen-bond acceptors (Lipinski definition) is 3. The number of nitrogens with one attached hydrogen (secondary N) is 1.